The summed E-state index contributed by atoms with van der Waals surface area (Å²) in [5, 5.41) is 14.7. The minimum Gasteiger partial charge on any atom is -0.478 e. The van der Waals surface area contributed by atoms with Crippen molar-refractivity contribution in [1.82, 2.24) is 0 Å². The minimum atomic E-state index is -1.23. The summed E-state index contributed by atoms with van der Waals surface area (Å²) in [7, 11) is 0. The van der Waals surface area contributed by atoms with Crippen molar-refractivity contribution in [3.05, 3.63) is 52.0 Å². The fourth-order valence-corrected chi connectivity index (χ4v) is 2.03. The zero-order valence-corrected chi connectivity index (χ0v) is 9.83. The first-order valence-electron chi connectivity index (χ1n) is 4.94. The Morgan fingerprint density at radius 1 is 1.28 bits per heavy atom. The normalized spacial score (nSPS) is 10.1. The highest BCUT2D eigenvalue weighted by atomic mass is 32.1. The summed E-state index contributed by atoms with van der Waals surface area (Å²) in [6, 6.07) is 4.72. The van der Waals surface area contributed by atoms with Crippen LogP contribution in [0.5, 0.6) is 0 Å². The molecule has 6 heteroatoms. The van der Waals surface area contributed by atoms with E-state index in [9.17, 15) is 14.0 Å². The number of carboxylic acid groups (broad SMARTS) is 1. The second-order valence-electron chi connectivity index (χ2n) is 3.46. The van der Waals surface area contributed by atoms with Crippen LogP contribution in [-0.2, 0) is 0 Å². The molecular weight excluding hydrogens is 257 g/mol. The number of carboxylic acids is 1. The Balaban J connectivity index is 2.31. The van der Waals surface area contributed by atoms with Crippen LogP contribution in [0.1, 0.15) is 20.7 Å². The van der Waals surface area contributed by atoms with Gasteiger partial charge in [-0.25, -0.2) is 9.18 Å². The number of hydrogen-bond acceptors (Lipinski definition) is 3. The molecule has 0 saturated carbocycles. The average Bonchev–Trinajstić information content (AvgIpc) is 2.81. The van der Waals surface area contributed by atoms with Crippen molar-refractivity contribution in [3.63, 3.8) is 0 Å². The number of halogens is 1. The maximum atomic E-state index is 13.1. The number of carbonyl (C=O) groups is 2. The molecule has 2 aromatic rings. The zero-order chi connectivity index (χ0) is 13.1. The van der Waals surface area contributed by atoms with Gasteiger partial charge in [-0.2, -0.15) is 11.3 Å². The van der Waals surface area contributed by atoms with Crippen molar-refractivity contribution < 1.29 is 19.1 Å². The van der Waals surface area contributed by atoms with Gasteiger partial charge in [0.05, 0.1) is 16.8 Å². The summed E-state index contributed by atoms with van der Waals surface area (Å²) in [6.45, 7) is 0. The molecule has 0 atom stereocenters. The highest BCUT2D eigenvalue weighted by molar-refractivity contribution is 7.08. The third-order valence-electron chi connectivity index (χ3n) is 2.24. The Bertz CT molecular complexity index is 595. The summed E-state index contributed by atoms with van der Waals surface area (Å²) < 4.78 is 13.1. The molecule has 0 bridgehead atoms. The quantitative estimate of drug-likeness (QED) is 0.896. The first-order chi connectivity index (χ1) is 8.58. The molecule has 0 aliphatic carbocycles. The van der Waals surface area contributed by atoms with E-state index >= 15 is 0 Å². The van der Waals surface area contributed by atoms with Gasteiger partial charge in [0.25, 0.3) is 5.91 Å². The van der Waals surface area contributed by atoms with E-state index in [1.165, 1.54) is 11.3 Å². The number of carbonyl (C=O) groups excluding carboxylic acids is 1. The van der Waals surface area contributed by atoms with Crippen molar-refractivity contribution in [2.24, 2.45) is 0 Å². The second-order valence-corrected chi connectivity index (χ2v) is 4.24. The van der Waals surface area contributed by atoms with Gasteiger partial charge in [-0.1, -0.05) is 0 Å². The number of rotatable bonds is 3. The van der Waals surface area contributed by atoms with Gasteiger partial charge < -0.3 is 10.4 Å². The molecular formula is C12H8FNO3S. The van der Waals surface area contributed by atoms with Crippen LogP contribution < -0.4 is 5.32 Å². The molecule has 1 heterocycles. The van der Waals surface area contributed by atoms with Gasteiger partial charge in [0.2, 0.25) is 0 Å². The predicted octanol–water partition coefficient (Wildman–Crippen LogP) is 2.84. The lowest BCUT2D eigenvalue weighted by molar-refractivity contribution is 0.0698. The number of aromatic carboxylic acids is 1. The van der Waals surface area contributed by atoms with Gasteiger partial charge in [0, 0.05) is 5.38 Å². The maximum Gasteiger partial charge on any atom is 0.337 e. The summed E-state index contributed by atoms with van der Waals surface area (Å²) >= 11 is 1.34. The van der Waals surface area contributed by atoms with Crippen LogP contribution in [0.25, 0.3) is 0 Å². The molecule has 4 nitrogen and oxygen atoms in total. The van der Waals surface area contributed by atoms with Crippen LogP contribution >= 0.6 is 11.3 Å². The third kappa shape index (κ3) is 2.54. The molecule has 2 rings (SSSR count). The zero-order valence-electron chi connectivity index (χ0n) is 9.01. The van der Waals surface area contributed by atoms with Gasteiger partial charge in [0.1, 0.15) is 5.82 Å². The SMILES string of the molecule is O=C(Nc1cc(F)ccc1C(=O)O)c1ccsc1. The average molecular weight is 265 g/mol. The van der Waals surface area contributed by atoms with Gasteiger partial charge in [-0.15, -0.1) is 0 Å². The molecule has 0 fully saturated rings. The fraction of sp³-hybridized carbons (Fsp3) is 0. The fourth-order valence-electron chi connectivity index (χ4n) is 1.39. The Hall–Kier alpha value is -2.21. The number of anilines is 1. The summed E-state index contributed by atoms with van der Waals surface area (Å²) in [4.78, 5) is 22.7. The van der Waals surface area contributed by atoms with Crippen molar-refractivity contribution in [2.75, 3.05) is 5.32 Å². The molecule has 0 radical (unpaired) electrons. The Kier molecular flexibility index (Phi) is 3.38. The molecule has 18 heavy (non-hydrogen) atoms. The Morgan fingerprint density at radius 3 is 2.67 bits per heavy atom. The molecule has 92 valence electrons. The third-order valence-corrected chi connectivity index (χ3v) is 2.93. The van der Waals surface area contributed by atoms with E-state index in [2.05, 4.69) is 5.32 Å². The first kappa shape index (κ1) is 12.3. The smallest absolute Gasteiger partial charge is 0.337 e. The first-order valence-corrected chi connectivity index (χ1v) is 5.88. The lowest BCUT2D eigenvalue weighted by atomic mass is 10.1. The van der Waals surface area contributed by atoms with Gasteiger partial charge in [-0.3, -0.25) is 4.79 Å². The number of thiophene rings is 1. The van der Waals surface area contributed by atoms with Crippen molar-refractivity contribution in [3.8, 4) is 0 Å². The Morgan fingerprint density at radius 2 is 2.06 bits per heavy atom. The van der Waals surface area contributed by atoms with E-state index in [0.717, 1.165) is 18.2 Å². The molecule has 0 aliphatic heterocycles. The highest BCUT2D eigenvalue weighted by Crippen LogP contribution is 2.19. The molecule has 1 amide bonds. The largest absolute Gasteiger partial charge is 0.478 e. The van der Waals surface area contributed by atoms with Crippen LogP contribution in [-0.4, -0.2) is 17.0 Å². The summed E-state index contributed by atoms with van der Waals surface area (Å²) in [5.41, 5.74) is 0.194. The van der Waals surface area contributed by atoms with E-state index in [-0.39, 0.29) is 11.3 Å². The summed E-state index contributed by atoms with van der Waals surface area (Å²) in [5.74, 6) is -2.31. The van der Waals surface area contributed by atoms with E-state index in [1.807, 2.05) is 0 Å². The topological polar surface area (TPSA) is 66.4 Å². The van der Waals surface area contributed by atoms with E-state index < -0.39 is 17.7 Å². The Labute approximate surface area is 106 Å². The van der Waals surface area contributed by atoms with Crippen LogP contribution in [0, 0.1) is 5.82 Å². The van der Waals surface area contributed by atoms with Crippen molar-refractivity contribution in [2.45, 2.75) is 0 Å². The number of hydrogen-bond donors (Lipinski definition) is 2. The maximum absolute atomic E-state index is 13.1. The van der Waals surface area contributed by atoms with Gasteiger partial charge in [0.15, 0.2) is 0 Å². The van der Waals surface area contributed by atoms with Gasteiger partial charge in [-0.05, 0) is 29.6 Å². The molecule has 0 spiro atoms. The van der Waals surface area contributed by atoms with Crippen LogP contribution in [0.15, 0.2) is 35.0 Å². The van der Waals surface area contributed by atoms with E-state index in [4.69, 9.17) is 5.11 Å². The van der Waals surface area contributed by atoms with Crippen LogP contribution in [0.3, 0.4) is 0 Å². The summed E-state index contributed by atoms with van der Waals surface area (Å²) in [6.07, 6.45) is 0. The minimum absolute atomic E-state index is 0.0568. The van der Waals surface area contributed by atoms with Crippen molar-refractivity contribution >= 4 is 28.9 Å². The number of benzene rings is 1. The van der Waals surface area contributed by atoms with Gasteiger partial charge >= 0.3 is 5.97 Å². The highest BCUT2D eigenvalue weighted by Gasteiger charge is 2.14. The van der Waals surface area contributed by atoms with E-state index in [1.54, 1.807) is 16.8 Å². The van der Waals surface area contributed by atoms with Crippen LogP contribution in [0.2, 0.25) is 0 Å². The molecule has 2 N–H and O–H groups in total. The molecule has 0 saturated heterocycles. The molecule has 0 aliphatic rings. The van der Waals surface area contributed by atoms with Crippen molar-refractivity contribution in [1.29, 1.82) is 0 Å². The standard InChI is InChI=1S/C12H8FNO3S/c13-8-1-2-9(12(16)17)10(5-8)14-11(15)7-3-4-18-6-7/h1-6H,(H,14,15)(H,16,17). The molecule has 1 aromatic carbocycles. The van der Waals surface area contributed by atoms with E-state index in [0.29, 0.717) is 5.56 Å². The lowest BCUT2D eigenvalue weighted by Gasteiger charge is -2.07. The predicted molar refractivity (Wildman–Crippen MR) is 65.6 cm³/mol. The second kappa shape index (κ2) is 4.97. The molecule has 0 unspecified atom stereocenters. The number of amides is 1. The van der Waals surface area contributed by atoms with Crippen LogP contribution in [0.4, 0.5) is 10.1 Å². The lowest BCUT2D eigenvalue weighted by Crippen LogP contribution is -2.14. The molecule has 1 aromatic heterocycles. The monoisotopic (exact) mass is 265 g/mol. The number of nitrogens with one attached hydrogen (secondary N) is 1.